The maximum absolute atomic E-state index is 4.53. The highest BCUT2D eigenvalue weighted by Gasteiger charge is 2.51. The maximum atomic E-state index is 4.53. The Hall–Kier alpha value is -1.32. The molecule has 4 bridgehead atoms. The molecule has 4 aliphatic rings. The fraction of sp³-hybridized carbons (Fsp3) is 0.733. The lowest BCUT2D eigenvalue weighted by atomic mass is 9.53. The first kappa shape index (κ1) is 11.5. The molecule has 0 spiro atoms. The van der Waals surface area contributed by atoms with Crippen molar-refractivity contribution in [2.24, 2.45) is 17.8 Å². The molecule has 102 valence electrons. The Bertz CT molecular complexity index is 450. The molecule has 4 aliphatic carbocycles. The van der Waals surface area contributed by atoms with Gasteiger partial charge in [0.15, 0.2) is 0 Å². The lowest BCUT2D eigenvalue weighted by Crippen LogP contribution is -2.54. The van der Waals surface area contributed by atoms with Gasteiger partial charge in [0.2, 0.25) is 5.95 Å². The molecule has 1 aromatic rings. The molecule has 0 unspecified atom stereocenters. The minimum absolute atomic E-state index is 0.327. The second-order valence-corrected chi connectivity index (χ2v) is 6.84. The third-order valence-electron chi connectivity index (χ3n) is 5.31. The van der Waals surface area contributed by atoms with E-state index in [4.69, 9.17) is 0 Å². The summed E-state index contributed by atoms with van der Waals surface area (Å²) in [5, 5.41) is 6.78. The van der Waals surface area contributed by atoms with Crippen molar-refractivity contribution >= 4 is 11.8 Å². The number of rotatable bonds is 3. The maximum Gasteiger partial charge on any atom is 0.224 e. The topological polar surface area (TPSA) is 49.8 Å². The molecular formula is C15H22N4. The number of hydrogen-bond donors (Lipinski definition) is 2. The van der Waals surface area contributed by atoms with Crippen molar-refractivity contribution in [2.75, 3.05) is 17.7 Å². The van der Waals surface area contributed by atoms with Crippen LogP contribution in [0.25, 0.3) is 0 Å². The second-order valence-electron chi connectivity index (χ2n) is 6.84. The van der Waals surface area contributed by atoms with Gasteiger partial charge in [-0.05, 0) is 62.3 Å². The van der Waals surface area contributed by atoms with Crippen LogP contribution in [0.5, 0.6) is 0 Å². The number of aromatic nitrogens is 2. The van der Waals surface area contributed by atoms with Crippen molar-refractivity contribution < 1.29 is 0 Å². The van der Waals surface area contributed by atoms with Gasteiger partial charge in [-0.3, -0.25) is 0 Å². The standard InChI is InChI=1S/C15H22N4/c1-16-14-17-3-2-13(18-14)19-15-7-10-4-11(8-15)6-12(5-10)9-15/h2-3,10-12H,4-9H2,1H3,(H2,16,17,18,19). The molecule has 0 radical (unpaired) electrons. The van der Waals surface area contributed by atoms with Gasteiger partial charge in [0.1, 0.15) is 5.82 Å². The first-order valence-corrected chi connectivity index (χ1v) is 7.54. The molecule has 2 N–H and O–H groups in total. The minimum Gasteiger partial charge on any atom is -0.364 e. The van der Waals surface area contributed by atoms with Gasteiger partial charge in [-0.15, -0.1) is 0 Å². The predicted octanol–water partition coefficient (Wildman–Crippen LogP) is 2.90. The van der Waals surface area contributed by atoms with Gasteiger partial charge in [0, 0.05) is 18.8 Å². The van der Waals surface area contributed by atoms with E-state index in [9.17, 15) is 0 Å². The molecule has 4 heteroatoms. The van der Waals surface area contributed by atoms with Gasteiger partial charge in [0.05, 0.1) is 0 Å². The van der Waals surface area contributed by atoms with Crippen LogP contribution in [-0.2, 0) is 0 Å². The van der Waals surface area contributed by atoms with Crippen LogP contribution >= 0.6 is 0 Å². The molecule has 19 heavy (non-hydrogen) atoms. The van der Waals surface area contributed by atoms with Crippen molar-refractivity contribution in [1.29, 1.82) is 0 Å². The summed E-state index contributed by atoms with van der Waals surface area (Å²) in [4.78, 5) is 8.72. The second kappa shape index (κ2) is 4.09. The van der Waals surface area contributed by atoms with Crippen LogP contribution in [0, 0.1) is 17.8 Å². The van der Waals surface area contributed by atoms with Crippen molar-refractivity contribution in [1.82, 2.24) is 9.97 Å². The highest BCUT2D eigenvalue weighted by molar-refractivity contribution is 5.42. The Labute approximate surface area is 114 Å². The van der Waals surface area contributed by atoms with E-state index in [1.54, 1.807) is 0 Å². The molecule has 4 fully saturated rings. The molecule has 0 atom stereocenters. The number of nitrogens with zero attached hydrogens (tertiary/aromatic N) is 2. The fourth-order valence-corrected chi connectivity index (χ4v) is 5.08. The summed E-state index contributed by atoms with van der Waals surface area (Å²) in [5.41, 5.74) is 0.327. The van der Waals surface area contributed by atoms with E-state index >= 15 is 0 Å². The monoisotopic (exact) mass is 258 g/mol. The lowest BCUT2D eigenvalue weighted by molar-refractivity contribution is 0.0105. The molecule has 4 nitrogen and oxygen atoms in total. The Balaban J connectivity index is 1.58. The Morgan fingerprint density at radius 1 is 1.11 bits per heavy atom. The number of nitrogens with one attached hydrogen (secondary N) is 2. The Kier molecular flexibility index (Phi) is 2.47. The molecule has 5 rings (SSSR count). The van der Waals surface area contributed by atoms with Gasteiger partial charge < -0.3 is 10.6 Å². The third kappa shape index (κ3) is 1.97. The smallest absolute Gasteiger partial charge is 0.224 e. The van der Waals surface area contributed by atoms with Crippen LogP contribution in [0.15, 0.2) is 12.3 Å². The zero-order valence-corrected chi connectivity index (χ0v) is 11.5. The van der Waals surface area contributed by atoms with E-state index in [0.717, 1.165) is 23.6 Å². The number of hydrogen-bond acceptors (Lipinski definition) is 4. The molecule has 4 saturated carbocycles. The quantitative estimate of drug-likeness (QED) is 0.875. The summed E-state index contributed by atoms with van der Waals surface area (Å²) in [7, 11) is 1.86. The van der Waals surface area contributed by atoms with E-state index in [1.165, 1.54) is 38.5 Å². The summed E-state index contributed by atoms with van der Waals surface area (Å²) in [6.07, 6.45) is 10.3. The van der Waals surface area contributed by atoms with Gasteiger partial charge in [-0.2, -0.15) is 4.98 Å². The SMILES string of the molecule is CNc1nccc(NC23CC4CC(CC(C4)C2)C3)n1. The van der Waals surface area contributed by atoms with E-state index in [0.29, 0.717) is 11.5 Å². The average Bonchev–Trinajstić information content (AvgIpc) is 2.36. The van der Waals surface area contributed by atoms with Gasteiger partial charge >= 0.3 is 0 Å². The molecule has 0 saturated heterocycles. The van der Waals surface area contributed by atoms with E-state index in [-0.39, 0.29) is 0 Å². The zero-order valence-electron chi connectivity index (χ0n) is 11.5. The molecule has 0 aliphatic heterocycles. The first-order chi connectivity index (χ1) is 9.25. The Morgan fingerprint density at radius 2 is 1.74 bits per heavy atom. The molecule has 0 aromatic carbocycles. The van der Waals surface area contributed by atoms with Gasteiger partial charge in [-0.1, -0.05) is 0 Å². The average molecular weight is 258 g/mol. The van der Waals surface area contributed by atoms with Crippen molar-refractivity contribution in [3.8, 4) is 0 Å². The fourth-order valence-electron chi connectivity index (χ4n) is 5.08. The van der Waals surface area contributed by atoms with Crippen molar-refractivity contribution in [3.63, 3.8) is 0 Å². The van der Waals surface area contributed by atoms with Crippen LogP contribution in [0.3, 0.4) is 0 Å². The van der Waals surface area contributed by atoms with E-state index in [2.05, 4.69) is 20.6 Å². The highest BCUT2D eigenvalue weighted by Crippen LogP contribution is 2.56. The first-order valence-electron chi connectivity index (χ1n) is 7.54. The summed E-state index contributed by atoms with van der Waals surface area (Å²) >= 11 is 0. The van der Waals surface area contributed by atoms with E-state index in [1.807, 2.05) is 19.3 Å². The summed E-state index contributed by atoms with van der Waals surface area (Å²) in [5.74, 6) is 4.58. The van der Waals surface area contributed by atoms with Crippen molar-refractivity contribution in [2.45, 2.75) is 44.1 Å². The predicted molar refractivity (Wildman–Crippen MR) is 76.1 cm³/mol. The summed E-state index contributed by atoms with van der Waals surface area (Å²) in [6.45, 7) is 0. The van der Waals surface area contributed by atoms with Crippen LogP contribution < -0.4 is 10.6 Å². The third-order valence-corrected chi connectivity index (χ3v) is 5.31. The lowest BCUT2D eigenvalue weighted by Gasteiger charge is -2.57. The molecular weight excluding hydrogens is 236 g/mol. The largest absolute Gasteiger partial charge is 0.364 e. The normalized spacial score (nSPS) is 39.3. The molecule has 0 amide bonds. The van der Waals surface area contributed by atoms with E-state index < -0.39 is 0 Å². The van der Waals surface area contributed by atoms with Crippen LogP contribution in [-0.4, -0.2) is 22.6 Å². The highest BCUT2D eigenvalue weighted by atomic mass is 15.1. The molecule has 1 aromatic heterocycles. The minimum atomic E-state index is 0.327. The summed E-state index contributed by atoms with van der Waals surface area (Å²) < 4.78 is 0. The van der Waals surface area contributed by atoms with Gasteiger partial charge in [0.25, 0.3) is 0 Å². The zero-order chi connectivity index (χ0) is 12.9. The van der Waals surface area contributed by atoms with Crippen LogP contribution in [0.4, 0.5) is 11.8 Å². The molecule has 1 heterocycles. The van der Waals surface area contributed by atoms with Gasteiger partial charge in [-0.25, -0.2) is 4.98 Å². The summed E-state index contributed by atoms with van der Waals surface area (Å²) in [6, 6.07) is 2.00. The van der Waals surface area contributed by atoms with Crippen LogP contribution in [0.2, 0.25) is 0 Å². The Morgan fingerprint density at radius 3 is 2.32 bits per heavy atom. The van der Waals surface area contributed by atoms with Crippen molar-refractivity contribution in [3.05, 3.63) is 12.3 Å². The number of anilines is 2. The van der Waals surface area contributed by atoms with Crippen LogP contribution in [0.1, 0.15) is 38.5 Å².